The Morgan fingerprint density at radius 1 is 1.05 bits per heavy atom. The number of aryl methyl sites for hydroxylation is 2. The highest BCUT2D eigenvalue weighted by atomic mass is 19.1. The van der Waals surface area contributed by atoms with Gasteiger partial charge in [-0.15, -0.1) is 0 Å². The summed E-state index contributed by atoms with van der Waals surface area (Å²) in [4.78, 5) is 0. The number of halogens is 1. The van der Waals surface area contributed by atoms with Crippen molar-refractivity contribution >= 4 is 0 Å². The van der Waals surface area contributed by atoms with Crippen LogP contribution in [0.5, 0.6) is 11.5 Å². The summed E-state index contributed by atoms with van der Waals surface area (Å²) in [5.74, 6) is 0.0865. The van der Waals surface area contributed by atoms with Crippen LogP contribution in [0.25, 0.3) is 0 Å². The highest BCUT2D eigenvalue weighted by Gasteiger charge is 2.13. The zero-order valence-electron chi connectivity index (χ0n) is 11.1. The van der Waals surface area contributed by atoms with E-state index in [1.807, 2.05) is 0 Å². The van der Waals surface area contributed by atoms with Gasteiger partial charge in [0, 0.05) is 0 Å². The molecule has 0 spiro atoms. The zero-order valence-corrected chi connectivity index (χ0v) is 11.1. The van der Waals surface area contributed by atoms with E-state index in [1.54, 1.807) is 38.1 Å². The lowest BCUT2D eigenvalue weighted by Gasteiger charge is -2.13. The highest BCUT2D eigenvalue weighted by Crippen LogP contribution is 2.32. The summed E-state index contributed by atoms with van der Waals surface area (Å²) < 4.78 is 19.2. The molecule has 0 heterocycles. The van der Waals surface area contributed by atoms with Crippen LogP contribution >= 0.6 is 0 Å². The molecule has 0 unspecified atom stereocenters. The average Bonchev–Trinajstić information content (AvgIpc) is 2.42. The van der Waals surface area contributed by atoms with Crippen LogP contribution in [0.2, 0.25) is 0 Å². The molecule has 98 valence electrons. The minimum Gasteiger partial charge on any atom is -0.455 e. The summed E-state index contributed by atoms with van der Waals surface area (Å²) in [5.41, 5.74) is 1.92. The van der Waals surface area contributed by atoms with Crippen LogP contribution in [-0.2, 0) is 0 Å². The number of rotatable bonds is 2. The number of nitriles is 2. The SMILES string of the molecule is Cc1cc(C#N)cc(C)c1Oc1cccc(F)c1C#N. The van der Waals surface area contributed by atoms with Gasteiger partial charge >= 0.3 is 0 Å². The number of ether oxygens (including phenoxy) is 1. The van der Waals surface area contributed by atoms with Crippen LogP contribution in [0.15, 0.2) is 30.3 Å². The predicted octanol–water partition coefficient (Wildman–Crippen LogP) is 3.98. The lowest BCUT2D eigenvalue weighted by atomic mass is 10.1. The average molecular weight is 266 g/mol. The molecule has 0 saturated carbocycles. The molecular formula is C16H11FN2O. The van der Waals surface area contributed by atoms with Crippen molar-refractivity contribution < 1.29 is 9.13 Å². The molecule has 0 N–H and O–H groups in total. The molecule has 2 rings (SSSR count). The standard InChI is InChI=1S/C16H11FN2O/c1-10-6-12(8-18)7-11(2)16(10)20-15-5-3-4-14(17)13(15)9-19/h3-7H,1-2H3. The second-order valence-corrected chi connectivity index (χ2v) is 4.38. The summed E-state index contributed by atoms with van der Waals surface area (Å²) in [5, 5.41) is 17.9. The number of hydrogen-bond donors (Lipinski definition) is 0. The van der Waals surface area contributed by atoms with E-state index >= 15 is 0 Å². The maximum absolute atomic E-state index is 13.5. The molecule has 0 fully saturated rings. The molecular weight excluding hydrogens is 255 g/mol. The molecule has 20 heavy (non-hydrogen) atoms. The molecule has 3 nitrogen and oxygen atoms in total. The van der Waals surface area contributed by atoms with Gasteiger partial charge in [-0.3, -0.25) is 0 Å². The van der Waals surface area contributed by atoms with Gasteiger partial charge in [-0.05, 0) is 49.2 Å². The van der Waals surface area contributed by atoms with E-state index in [2.05, 4.69) is 6.07 Å². The van der Waals surface area contributed by atoms with Crippen LogP contribution < -0.4 is 4.74 Å². The van der Waals surface area contributed by atoms with E-state index in [0.717, 1.165) is 11.1 Å². The van der Waals surface area contributed by atoms with E-state index in [9.17, 15) is 4.39 Å². The van der Waals surface area contributed by atoms with Gasteiger partial charge in [0.15, 0.2) is 0 Å². The summed E-state index contributed by atoms with van der Waals surface area (Å²) in [6, 6.07) is 11.5. The van der Waals surface area contributed by atoms with Crippen molar-refractivity contribution in [2.24, 2.45) is 0 Å². The molecule has 0 saturated heterocycles. The molecule has 0 aliphatic rings. The van der Waals surface area contributed by atoms with Gasteiger partial charge in [-0.25, -0.2) is 4.39 Å². The second-order valence-electron chi connectivity index (χ2n) is 4.38. The number of benzene rings is 2. The van der Waals surface area contributed by atoms with Gasteiger partial charge in [0.25, 0.3) is 0 Å². The lowest BCUT2D eigenvalue weighted by Crippen LogP contribution is -1.96. The molecule has 2 aromatic rings. The van der Waals surface area contributed by atoms with Gasteiger partial charge in [-0.1, -0.05) is 6.07 Å². The summed E-state index contributed by atoms with van der Waals surface area (Å²) in [6.45, 7) is 3.60. The van der Waals surface area contributed by atoms with Gasteiger partial charge < -0.3 is 4.74 Å². The van der Waals surface area contributed by atoms with Crippen LogP contribution in [-0.4, -0.2) is 0 Å². The Morgan fingerprint density at radius 3 is 2.25 bits per heavy atom. The summed E-state index contributed by atoms with van der Waals surface area (Å²) in [6.07, 6.45) is 0. The van der Waals surface area contributed by atoms with Crippen molar-refractivity contribution in [2.75, 3.05) is 0 Å². The monoisotopic (exact) mass is 266 g/mol. The molecule has 0 bridgehead atoms. The maximum atomic E-state index is 13.5. The third-order valence-electron chi connectivity index (χ3n) is 2.89. The normalized spacial score (nSPS) is 9.65. The Kier molecular flexibility index (Phi) is 3.68. The minimum atomic E-state index is -0.617. The van der Waals surface area contributed by atoms with Crippen molar-refractivity contribution in [3.8, 4) is 23.6 Å². The van der Waals surface area contributed by atoms with Crippen LogP contribution in [0.4, 0.5) is 4.39 Å². The summed E-state index contributed by atoms with van der Waals surface area (Å²) in [7, 11) is 0. The quantitative estimate of drug-likeness (QED) is 0.826. The minimum absolute atomic E-state index is 0.129. The predicted molar refractivity (Wildman–Crippen MR) is 71.8 cm³/mol. The van der Waals surface area contributed by atoms with Gasteiger partial charge in [0.2, 0.25) is 0 Å². The fourth-order valence-electron chi connectivity index (χ4n) is 1.98. The van der Waals surface area contributed by atoms with E-state index in [-0.39, 0.29) is 11.3 Å². The van der Waals surface area contributed by atoms with Crippen molar-refractivity contribution in [3.63, 3.8) is 0 Å². The smallest absolute Gasteiger partial charge is 0.148 e. The third kappa shape index (κ3) is 2.46. The lowest BCUT2D eigenvalue weighted by molar-refractivity contribution is 0.467. The number of hydrogen-bond acceptors (Lipinski definition) is 3. The van der Waals surface area contributed by atoms with E-state index < -0.39 is 5.82 Å². The Labute approximate surface area is 116 Å². The molecule has 0 aliphatic heterocycles. The first-order valence-corrected chi connectivity index (χ1v) is 5.94. The van der Waals surface area contributed by atoms with E-state index in [4.69, 9.17) is 15.3 Å². The molecule has 0 aliphatic carbocycles. The van der Waals surface area contributed by atoms with Crippen LogP contribution in [0.3, 0.4) is 0 Å². The Bertz CT molecular complexity index is 731. The highest BCUT2D eigenvalue weighted by molar-refractivity contribution is 5.51. The van der Waals surface area contributed by atoms with Crippen molar-refractivity contribution in [3.05, 3.63) is 58.4 Å². The van der Waals surface area contributed by atoms with E-state index in [0.29, 0.717) is 11.3 Å². The molecule has 0 amide bonds. The summed E-state index contributed by atoms with van der Waals surface area (Å²) >= 11 is 0. The van der Waals surface area contributed by atoms with Crippen LogP contribution in [0.1, 0.15) is 22.3 Å². The first-order valence-electron chi connectivity index (χ1n) is 5.94. The fraction of sp³-hybridized carbons (Fsp3) is 0.125. The van der Waals surface area contributed by atoms with Crippen LogP contribution in [0, 0.1) is 42.3 Å². The largest absolute Gasteiger partial charge is 0.455 e. The molecule has 2 aromatic carbocycles. The molecule has 0 aromatic heterocycles. The van der Waals surface area contributed by atoms with Gasteiger partial charge in [0.05, 0.1) is 11.6 Å². The zero-order chi connectivity index (χ0) is 14.7. The van der Waals surface area contributed by atoms with Crippen molar-refractivity contribution in [1.82, 2.24) is 0 Å². The van der Waals surface area contributed by atoms with Crippen molar-refractivity contribution in [1.29, 1.82) is 10.5 Å². The first kappa shape index (κ1) is 13.6. The third-order valence-corrected chi connectivity index (χ3v) is 2.89. The Hall–Kier alpha value is -2.85. The Balaban J connectivity index is 2.50. The first-order chi connectivity index (χ1) is 9.56. The van der Waals surface area contributed by atoms with Crippen molar-refractivity contribution in [2.45, 2.75) is 13.8 Å². The van der Waals surface area contributed by atoms with Gasteiger partial charge in [0.1, 0.15) is 28.9 Å². The molecule has 0 atom stereocenters. The maximum Gasteiger partial charge on any atom is 0.148 e. The Morgan fingerprint density at radius 2 is 1.70 bits per heavy atom. The van der Waals surface area contributed by atoms with E-state index in [1.165, 1.54) is 12.1 Å². The fourth-order valence-corrected chi connectivity index (χ4v) is 1.98. The van der Waals surface area contributed by atoms with Gasteiger partial charge in [-0.2, -0.15) is 10.5 Å². The topological polar surface area (TPSA) is 56.8 Å². The molecule has 4 heteroatoms. The number of nitrogens with zero attached hydrogens (tertiary/aromatic N) is 2. The molecule has 0 radical (unpaired) electrons. The second kappa shape index (κ2) is 5.42.